The minimum Gasteiger partial charge on any atom is -0.457 e. The van der Waals surface area contributed by atoms with Gasteiger partial charge in [0, 0.05) is 82.1 Å². The van der Waals surface area contributed by atoms with Crippen molar-refractivity contribution in [3.8, 4) is 78.6 Å². The van der Waals surface area contributed by atoms with Crippen molar-refractivity contribution in [2.75, 3.05) is 9.80 Å². The van der Waals surface area contributed by atoms with Gasteiger partial charge in [0.05, 0.1) is 27.3 Å². The van der Waals surface area contributed by atoms with Gasteiger partial charge in [0.2, 0.25) is 0 Å². The van der Waals surface area contributed by atoms with Gasteiger partial charge in [-0.1, -0.05) is 352 Å². The van der Waals surface area contributed by atoms with Crippen LogP contribution in [-0.2, 0) is 21.7 Å². The molecule has 0 radical (unpaired) electrons. The third-order valence-electron chi connectivity index (χ3n) is 31.9. The molecule has 19 aromatic carbocycles. The Morgan fingerprint density at radius 2 is 0.724 bits per heavy atom. The van der Waals surface area contributed by atoms with E-state index in [0.29, 0.717) is 11.8 Å². The van der Waals surface area contributed by atoms with Crippen LogP contribution < -0.4 is 19.3 Å². The first kappa shape index (κ1) is 76.5. The van der Waals surface area contributed by atoms with E-state index in [9.17, 15) is 0 Å². The highest BCUT2D eigenvalue weighted by Gasteiger charge is 2.60. The zero-order chi connectivity index (χ0) is 87.7. The molecule has 6 heteroatoms. The Labute approximate surface area is 788 Å². The second kappa shape index (κ2) is 29.2. The number of allylic oxidation sites excluding steroid dienone is 3. The van der Waals surface area contributed by atoms with Crippen LogP contribution in [-0.4, -0.2) is 5.25 Å². The van der Waals surface area contributed by atoms with E-state index in [0.717, 1.165) is 79.4 Å². The molecule has 19 aromatic rings. The number of ether oxygens (including phenoxy) is 2. The Kier molecular flexibility index (Phi) is 16.7. The molecule has 10 aliphatic rings. The zero-order valence-corrected chi connectivity index (χ0v) is 75.0. The van der Waals surface area contributed by atoms with Gasteiger partial charge in [0.25, 0.3) is 0 Å². The smallest absolute Gasteiger partial charge is 0.132 e. The molecule has 0 aromatic heterocycles. The van der Waals surface area contributed by atoms with Gasteiger partial charge in [-0.3, -0.25) is 0 Å². The van der Waals surface area contributed by atoms with Crippen molar-refractivity contribution in [3.63, 3.8) is 0 Å². The summed E-state index contributed by atoms with van der Waals surface area (Å²) in [6.07, 6.45) is 12.6. The van der Waals surface area contributed by atoms with Crippen molar-refractivity contribution in [1.29, 1.82) is 0 Å². The molecular formula is C128H86N2O2S2. The number of nitrogens with zero attached hydrogens (tertiary/aromatic N) is 2. The number of anilines is 6. The molecule has 6 aliphatic carbocycles. The number of fused-ring (bicyclic) bond motifs is 37. The normalized spacial score (nSPS) is 18.8. The number of para-hydroxylation sites is 5. The molecule has 0 N–H and O–H groups in total. The molecule has 134 heavy (non-hydrogen) atoms. The Morgan fingerprint density at radius 3 is 1.40 bits per heavy atom. The van der Waals surface area contributed by atoms with E-state index in [4.69, 9.17) is 9.47 Å². The number of thioether (sulfide) groups is 1. The van der Waals surface area contributed by atoms with Crippen LogP contribution in [0.5, 0.6) is 23.0 Å². The highest BCUT2D eigenvalue weighted by atomic mass is 32.2. The Balaban J connectivity index is 0.594. The maximum absolute atomic E-state index is 7.14. The lowest BCUT2D eigenvalue weighted by atomic mass is 9.60. The van der Waals surface area contributed by atoms with Crippen LogP contribution in [0.15, 0.2) is 464 Å². The van der Waals surface area contributed by atoms with Crippen molar-refractivity contribution >= 4 is 74.0 Å². The summed E-state index contributed by atoms with van der Waals surface area (Å²) in [7, 11) is 0. The van der Waals surface area contributed by atoms with Gasteiger partial charge in [-0.25, -0.2) is 0 Å². The number of hydrogen-bond acceptors (Lipinski definition) is 6. The fourth-order valence-corrected chi connectivity index (χ4v) is 29.4. The second-order valence-corrected chi connectivity index (χ2v) is 40.3. The second-order valence-electron chi connectivity index (χ2n) is 38.0. The summed E-state index contributed by atoms with van der Waals surface area (Å²) in [6, 6.07) is 164. The van der Waals surface area contributed by atoms with Gasteiger partial charge in [-0.2, -0.15) is 0 Å². The first-order chi connectivity index (χ1) is 66.4. The summed E-state index contributed by atoms with van der Waals surface area (Å²) in [5.74, 6) is 4.38. The third-order valence-corrected chi connectivity index (χ3v) is 34.4. The number of rotatable bonds is 9. The molecule has 4 aliphatic heterocycles. The van der Waals surface area contributed by atoms with Crippen LogP contribution in [0.3, 0.4) is 0 Å². The van der Waals surface area contributed by atoms with Crippen molar-refractivity contribution < 1.29 is 9.47 Å². The monoisotopic (exact) mass is 1750 g/mol. The molecule has 5 unspecified atom stereocenters. The fraction of sp³-hybridized carbons (Fsp3) is 0.0938. The molecule has 0 saturated heterocycles. The Hall–Kier alpha value is -15.2. The summed E-state index contributed by atoms with van der Waals surface area (Å²) in [5, 5.41) is 2.48. The quantitative estimate of drug-likeness (QED) is 0.143. The van der Waals surface area contributed by atoms with E-state index < -0.39 is 16.2 Å². The molecule has 632 valence electrons. The first-order valence-electron chi connectivity index (χ1n) is 47.4. The van der Waals surface area contributed by atoms with Crippen molar-refractivity contribution in [2.24, 2.45) is 11.8 Å². The Morgan fingerprint density at radius 1 is 0.269 bits per heavy atom. The standard InChI is InChI=1S/C128H86N2O2S2/c1-2-29-81(30-3-1)91-32-9-20-46-116(91)130(90-63-68-96-92-33-6-10-36-100(92)127(115(96)78-90)109-43-17-25-51-121(109)133-122-52-26-18-44-110(122)127)88-65-71-104-99(76-88)97-66-58-84(73-113(97)126(104)107-41-15-23-49-119(107)132-120-50-24-16-42-108(120)126)85-59-69-112-124(74-85)134-123-53-27-19-45-111(123)128(112)101-37-11-7-34-93(101)95-67-62-89(77-114(95)128)129(86-60-56-80(57-61-86)83-55-54-79-28-4-5-31-82(79)72-83)87-64-70-103-98(75-87)94-35-8-12-38-102(94)125(103)105-39-13-21-47-117(105)131-118-48-22-14-40-106(118)125/h1-5,7-9,11-32,34-35,37-78,92,100,112,124H,6,10,33,36H2. The molecule has 4 spiro atoms. The van der Waals surface area contributed by atoms with Gasteiger partial charge < -0.3 is 19.3 Å². The molecule has 5 atom stereocenters. The predicted octanol–water partition coefficient (Wildman–Crippen LogP) is 33.2. The predicted molar refractivity (Wildman–Crippen MR) is 549 cm³/mol. The van der Waals surface area contributed by atoms with Crippen LogP contribution in [0.25, 0.3) is 72.0 Å². The molecule has 0 amide bonds. The number of benzene rings is 19. The maximum atomic E-state index is 7.14. The maximum Gasteiger partial charge on any atom is 0.132 e. The molecule has 1 fully saturated rings. The van der Waals surface area contributed by atoms with Gasteiger partial charge >= 0.3 is 0 Å². The van der Waals surface area contributed by atoms with Crippen LogP contribution in [0.4, 0.5) is 34.1 Å². The van der Waals surface area contributed by atoms with Crippen LogP contribution >= 0.6 is 23.5 Å². The highest BCUT2D eigenvalue weighted by Crippen LogP contribution is 2.71. The summed E-state index contributed by atoms with van der Waals surface area (Å²) in [6.45, 7) is 0. The minimum atomic E-state index is -0.768. The lowest BCUT2D eigenvalue weighted by Crippen LogP contribution is -2.44. The van der Waals surface area contributed by atoms with E-state index in [1.165, 1.54) is 179 Å². The molecule has 29 rings (SSSR count). The lowest BCUT2D eigenvalue weighted by molar-refractivity contribution is 0.257. The molecule has 4 nitrogen and oxygen atoms in total. The molecule has 4 heterocycles. The fourth-order valence-electron chi connectivity index (χ4n) is 26.7. The molecule has 1 saturated carbocycles. The largest absolute Gasteiger partial charge is 0.457 e. The van der Waals surface area contributed by atoms with Crippen molar-refractivity contribution in [1.82, 2.24) is 0 Å². The lowest BCUT2D eigenvalue weighted by Gasteiger charge is -2.48. The zero-order valence-electron chi connectivity index (χ0n) is 73.4. The summed E-state index contributed by atoms with van der Waals surface area (Å²) in [4.78, 5) is 9.19. The Bertz CT molecular complexity index is 8170. The van der Waals surface area contributed by atoms with Gasteiger partial charge in [0.15, 0.2) is 0 Å². The van der Waals surface area contributed by atoms with Gasteiger partial charge in [-0.05, 0) is 279 Å². The highest BCUT2D eigenvalue weighted by molar-refractivity contribution is 8.00. The third kappa shape index (κ3) is 10.5. The average Bonchev–Trinajstić information content (AvgIpc) is 1.52. The van der Waals surface area contributed by atoms with E-state index >= 15 is 0 Å². The number of hydrogen-bond donors (Lipinski definition) is 0. The topological polar surface area (TPSA) is 24.9 Å². The SMILES string of the molecule is C1=CC2C(C=C1c1ccc3c(c1)C1(c4ccccc4Oc4ccccc41)c1ccc(N(c4ccc5c(c4)C4(c6ccccc6Sc6ccccc64)C4CCCCC54)c4ccccc4-c4ccccc4)cc1-3)Sc1ccccc1C21c2ccccc2-c2ccc(N(c3ccc(-c4ccc5ccccc5c4)cc3)c3ccc4c(c3)-c3ccccc3C43c4ccccc4Oc4ccccc43)cc21. The van der Waals surface area contributed by atoms with E-state index in [-0.39, 0.29) is 16.6 Å². The molecular weight excluding hydrogens is 1660 g/mol. The van der Waals surface area contributed by atoms with Crippen molar-refractivity contribution in [3.05, 3.63) is 538 Å². The van der Waals surface area contributed by atoms with Gasteiger partial charge in [0.1, 0.15) is 23.0 Å². The van der Waals surface area contributed by atoms with E-state index in [1.54, 1.807) is 0 Å². The van der Waals surface area contributed by atoms with Crippen LogP contribution in [0.1, 0.15) is 121 Å². The average molecular weight is 1750 g/mol. The summed E-state index contributed by atoms with van der Waals surface area (Å²) >= 11 is 3.97. The van der Waals surface area contributed by atoms with Crippen LogP contribution in [0.2, 0.25) is 0 Å². The molecule has 0 bridgehead atoms. The summed E-state index contributed by atoms with van der Waals surface area (Å²) in [5.41, 5.74) is 38.2. The van der Waals surface area contributed by atoms with Crippen LogP contribution in [0, 0.1) is 11.8 Å². The van der Waals surface area contributed by atoms with Crippen molar-refractivity contribution in [2.45, 2.75) is 73.2 Å². The first-order valence-corrected chi connectivity index (χ1v) is 49.1. The van der Waals surface area contributed by atoms with E-state index in [2.05, 4.69) is 459 Å². The minimum absolute atomic E-state index is 0.00214. The summed E-state index contributed by atoms with van der Waals surface area (Å²) < 4.78 is 14.0. The van der Waals surface area contributed by atoms with E-state index in [1.807, 2.05) is 23.5 Å². The van der Waals surface area contributed by atoms with Gasteiger partial charge in [-0.15, -0.1) is 11.8 Å².